The summed E-state index contributed by atoms with van der Waals surface area (Å²) in [6.45, 7) is 0. The first-order valence-electron chi connectivity index (χ1n) is 5.49. The summed E-state index contributed by atoms with van der Waals surface area (Å²) in [5, 5.41) is 15.9. The van der Waals surface area contributed by atoms with Gasteiger partial charge in [0.15, 0.2) is 0 Å². The number of carbonyl (C=O) groups excluding carboxylic acids is 1. The van der Waals surface area contributed by atoms with Crippen molar-refractivity contribution in [1.82, 2.24) is 4.98 Å². The fourth-order valence-electron chi connectivity index (χ4n) is 1.39. The predicted octanol–water partition coefficient (Wildman–Crippen LogP) is 0.418. The average molecular weight is 276 g/mol. The van der Waals surface area contributed by atoms with Gasteiger partial charge in [0.1, 0.15) is 0 Å². The number of carbonyl (C=O) groups is 3. The van der Waals surface area contributed by atoms with E-state index < -0.39 is 11.9 Å². The zero-order valence-electron chi connectivity index (χ0n) is 10.3. The quantitative estimate of drug-likeness (QED) is 0.681. The number of primary amides is 1. The highest BCUT2D eigenvalue weighted by Gasteiger charge is 2.04. The van der Waals surface area contributed by atoms with Crippen molar-refractivity contribution in [3.63, 3.8) is 0 Å². The summed E-state index contributed by atoms with van der Waals surface area (Å²) in [5.74, 6) is -4.00. The molecule has 0 radical (unpaired) electrons. The molecule has 0 unspecified atom stereocenters. The molecule has 0 aliphatic rings. The molecule has 2 aromatic rings. The van der Waals surface area contributed by atoms with E-state index in [9.17, 15) is 4.79 Å². The van der Waals surface area contributed by atoms with Gasteiger partial charge in [-0.3, -0.25) is 9.78 Å². The van der Waals surface area contributed by atoms with Crippen molar-refractivity contribution >= 4 is 28.7 Å². The van der Waals surface area contributed by atoms with E-state index in [1.807, 2.05) is 36.4 Å². The summed E-state index contributed by atoms with van der Waals surface area (Å²) >= 11 is 0. The molecule has 1 amide bonds. The van der Waals surface area contributed by atoms with Crippen LogP contribution in [0, 0.1) is 0 Å². The maximum absolute atomic E-state index is 10.7. The number of nitrogens with two attached hydrogens (primary N) is 1. The van der Waals surface area contributed by atoms with Gasteiger partial charge < -0.3 is 15.9 Å². The molecular formula is C13H12N2O5. The SMILES string of the molecule is NC(=O)Cc1ccc2ccccc2n1.O=C(O)C(=O)O. The minimum atomic E-state index is -1.82. The van der Waals surface area contributed by atoms with E-state index in [4.69, 9.17) is 25.5 Å². The van der Waals surface area contributed by atoms with Gasteiger partial charge in [0.2, 0.25) is 5.91 Å². The van der Waals surface area contributed by atoms with E-state index >= 15 is 0 Å². The number of aliphatic carboxylic acids is 2. The molecule has 0 spiro atoms. The van der Waals surface area contributed by atoms with Crippen LogP contribution in [0.15, 0.2) is 36.4 Å². The van der Waals surface area contributed by atoms with Crippen LogP contribution in [0.25, 0.3) is 10.9 Å². The molecule has 7 nitrogen and oxygen atoms in total. The first-order valence-corrected chi connectivity index (χ1v) is 5.49. The number of para-hydroxylation sites is 1. The predicted molar refractivity (Wildman–Crippen MR) is 69.9 cm³/mol. The first-order chi connectivity index (χ1) is 9.40. The van der Waals surface area contributed by atoms with Crippen LogP contribution in [0.1, 0.15) is 5.69 Å². The third-order valence-corrected chi connectivity index (χ3v) is 2.19. The second-order valence-electron chi connectivity index (χ2n) is 3.75. The lowest BCUT2D eigenvalue weighted by Gasteiger charge is -1.99. The van der Waals surface area contributed by atoms with Gasteiger partial charge >= 0.3 is 11.9 Å². The summed E-state index contributed by atoms with van der Waals surface area (Å²) in [6.07, 6.45) is 0.199. The highest BCUT2D eigenvalue weighted by Crippen LogP contribution is 2.11. The van der Waals surface area contributed by atoms with Crippen molar-refractivity contribution in [1.29, 1.82) is 0 Å². The zero-order valence-corrected chi connectivity index (χ0v) is 10.3. The van der Waals surface area contributed by atoms with E-state index in [0.717, 1.165) is 16.6 Å². The molecule has 2 rings (SSSR count). The topological polar surface area (TPSA) is 131 Å². The van der Waals surface area contributed by atoms with Crippen LogP contribution in [-0.4, -0.2) is 33.0 Å². The van der Waals surface area contributed by atoms with Crippen molar-refractivity contribution in [2.75, 3.05) is 0 Å². The number of amides is 1. The standard InChI is InChI=1S/C11H10N2O.C2H2O4/c12-11(14)7-9-6-5-8-3-1-2-4-10(8)13-9;3-1(4)2(5)6/h1-6H,7H2,(H2,12,14);(H,3,4)(H,5,6). The van der Waals surface area contributed by atoms with Crippen LogP contribution >= 0.6 is 0 Å². The molecular weight excluding hydrogens is 264 g/mol. The Morgan fingerprint density at radius 2 is 1.60 bits per heavy atom. The van der Waals surface area contributed by atoms with Crippen LogP contribution in [0.2, 0.25) is 0 Å². The molecule has 0 saturated carbocycles. The molecule has 0 fully saturated rings. The zero-order chi connectivity index (χ0) is 15.1. The summed E-state index contributed by atoms with van der Waals surface area (Å²) in [7, 11) is 0. The molecule has 20 heavy (non-hydrogen) atoms. The third-order valence-electron chi connectivity index (χ3n) is 2.19. The largest absolute Gasteiger partial charge is 0.473 e. The Bertz CT molecular complexity index is 642. The van der Waals surface area contributed by atoms with Gasteiger partial charge in [0, 0.05) is 5.39 Å². The average Bonchev–Trinajstić information content (AvgIpc) is 2.38. The van der Waals surface area contributed by atoms with Crippen molar-refractivity contribution in [3.05, 3.63) is 42.1 Å². The van der Waals surface area contributed by atoms with Crippen LogP contribution in [-0.2, 0) is 20.8 Å². The van der Waals surface area contributed by atoms with Gasteiger partial charge in [-0.25, -0.2) is 9.59 Å². The monoisotopic (exact) mass is 276 g/mol. The number of fused-ring (bicyclic) bond motifs is 1. The van der Waals surface area contributed by atoms with Crippen molar-refractivity contribution in [2.24, 2.45) is 5.73 Å². The van der Waals surface area contributed by atoms with Crippen molar-refractivity contribution in [2.45, 2.75) is 6.42 Å². The summed E-state index contributed by atoms with van der Waals surface area (Å²) in [6, 6.07) is 11.5. The third kappa shape index (κ3) is 4.73. The van der Waals surface area contributed by atoms with Gasteiger partial charge in [-0.05, 0) is 12.1 Å². The molecule has 4 N–H and O–H groups in total. The molecule has 0 aliphatic heterocycles. The highest BCUT2D eigenvalue weighted by molar-refractivity contribution is 6.27. The Morgan fingerprint density at radius 3 is 2.15 bits per heavy atom. The number of hydrogen-bond acceptors (Lipinski definition) is 4. The van der Waals surface area contributed by atoms with E-state index in [1.54, 1.807) is 0 Å². The number of carboxylic acid groups (broad SMARTS) is 2. The lowest BCUT2D eigenvalue weighted by Crippen LogP contribution is -2.14. The Labute approximate surface area is 113 Å². The lowest BCUT2D eigenvalue weighted by atomic mass is 10.2. The lowest BCUT2D eigenvalue weighted by molar-refractivity contribution is -0.159. The second kappa shape index (κ2) is 6.83. The molecule has 104 valence electrons. The summed E-state index contributed by atoms with van der Waals surface area (Å²) in [5.41, 5.74) is 6.70. The molecule has 1 heterocycles. The van der Waals surface area contributed by atoms with Crippen LogP contribution in [0.4, 0.5) is 0 Å². The number of benzene rings is 1. The minimum absolute atomic E-state index is 0.199. The maximum Gasteiger partial charge on any atom is 0.414 e. The van der Waals surface area contributed by atoms with Gasteiger partial charge in [-0.2, -0.15) is 0 Å². The Hall–Kier alpha value is -2.96. The van der Waals surface area contributed by atoms with Crippen LogP contribution in [0.3, 0.4) is 0 Å². The fourth-order valence-corrected chi connectivity index (χ4v) is 1.39. The second-order valence-corrected chi connectivity index (χ2v) is 3.75. The number of pyridine rings is 1. The minimum Gasteiger partial charge on any atom is -0.473 e. The molecule has 1 aromatic heterocycles. The van der Waals surface area contributed by atoms with Crippen LogP contribution < -0.4 is 5.73 Å². The number of carboxylic acids is 2. The number of nitrogens with zero attached hydrogens (tertiary/aromatic N) is 1. The van der Waals surface area contributed by atoms with E-state index in [0.29, 0.717) is 0 Å². The fraction of sp³-hybridized carbons (Fsp3) is 0.0769. The first kappa shape index (κ1) is 15.1. The summed E-state index contributed by atoms with van der Waals surface area (Å²) < 4.78 is 0. The van der Waals surface area contributed by atoms with E-state index in [2.05, 4.69) is 4.98 Å². The van der Waals surface area contributed by atoms with Crippen molar-refractivity contribution < 1.29 is 24.6 Å². The molecule has 7 heteroatoms. The molecule has 0 atom stereocenters. The number of aromatic nitrogens is 1. The highest BCUT2D eigenvalue weighted by atomic mass is 16.4. The van der Waals surface area contributed by atoms with Crippen LogP contribution in [0.5, 0.6) is 0 Å². The van der Waals surface area contributed by atoms with Gasteiger partial charge in [-0.15, -0.1) is 0 Å². The molecule has 1 aromatic carbocycles. The Kier molecular flexibility index (Phi) is 5.16. The molecule has 0 bridgehead atoms. The molecule has 0 saturated heterocycles. The van der Waals surface area contributed by atoms with E-state index in [1.165, 1.54) is 0 Å². The maximum atomic E-state index is 10.7. The van der Waals surface area contributed by atoms with Crippen molar-refractivity contribution in [3.8, 4) is 0 Å². The van der Waals surface area contributed by atoms with E-state index in [-0.39, 0.29) is 12.3 Å². The molecule has 0 aliphatic carbocycles. The van der Waals surface area contributed by atoms with Gasteiger partial charge in [-0.1, -0.05) is 24.3 Å². The smallest absolute Gasteiger partial charge is 0.414 e. The summed E-state index contributed by atoms with van der Waals surface area (Å²) in [4.78, 5) is 33.2. The van der Waals surface area contributed by atoms with Gasteiger partial charge in [0.25, 0.3) is 0 Å². The Balaban J connectivity index is 0.000000286. The Morgan fingerprint density at radius 1 is 1.00 bits per heavy atom. The number of hydrogen-bond donors (Lipinski definition) is 3. The number of rotatable bonds is 2. The van der Waals surface area contributed by atoms with Gasteiger partial charge in [0.05, 0.1) is 17.6 Å². The normalized spacial score (nSPS) is 9.40.